The summed E-state index contributed by atoms with van der Waals surface area (Å²) in [6.45, 7) is 0. The normalized spacial score (nSPS) is 10.3. The minimum atomic E-state index is -0.833. The lowest BCUT2D eigenvalue weighted by atomic mass is 10.1. The first-order valence-corrected chi connectivity index (χ1v) is 5.92. The maximum Gasteiger partial charge on any atom is 0.358 e. The monoisotopic (exact) mass is 295 g/mol. The molecule has 7 heteroatoms. The predicted molar refractivity (Wildman–Crippen MR) is 74.8 cm³/mol. The number of hydrogen-bond donors (Lipinski definition) is 2. The van der Waals surface area contributed by atoms with Crippen LogP contribution in [0.15, 0.2) is 24.3 Å². The Labute approximate surface area is 119 Å². The Hall–Kier alpha value is -2.34. The lowest BCUT2D eigenvalue weighted by Crippen LogP contribution is -2.10. The molecular weight excluding hydrogens is 285 g/mol. The summed E-state index contributed by atoms with van der Waals surface area (Å²) in [6.07, 6.45) is 0. The van der Waals surface area contributed by atoms with Crippen molar-refractivity contribution in [3.05, 3.63) is 40.8 Å². The van der Waals surface area contributed by atoms with Gasteiger partial charge in [0.15, 0.2) is 11.5 Å². The molecule has 104 valence electrons. The lowest BCUT2D eigenvalue weighted by molar-refractivity contribution is 0.0594. The van der Waals surface area contributed by atoms with Gasteiger partial charge in [-0.15, -0.1) is 0 Å². The van der Waals surface area contributed by atoms with E-state index in [1.807, 2.05) is 0 Å². The van der Waals surface area contributed by atoms with E-state index in [1.54, 1.807) is 24.3 Å². The van der Waals surface area contributed by atoms with E-state index in [4.69, 9.17) is 23.1 Å². The van der Waals surface area contributed by atoms with Crippen molar-refractivity contribution >= 4 is 28.9 Å². The van der Waals surface area contributed by atoms with Crippen LogP contribution in [-0.2, 0) is 4.74 Å². The molecule has 1 aromatic heterocycles. The number of pyridine rings is 1. The minimum Gasteiger partial charge on any atom is -0.464 e. The van der Waals surface area contributed by atoms with E-state index in [0.29, 0.717) is 11.3 Å². The van der Waals surface area contributed by atoms with Gasteiger partial charge in [-0.3, -0.25) is 0 Å². The van der Waals surface area contributed by atoms with E-state index < -0.39 is 11.8 Å². The van der Waals surface area contributed by atoms with Crippen molar-refractivity contribution in [3.63, 3.8) is 0 Å². The molecular formula is C13H11ClFN3O2. The molecule has 0 spiro atoms. The number of carbonyl (C=O) groups excluding carboxylic acids is 1. The third-order valence-electron chi connectivity index (χ3n) is 2.71. The Bertz CT molecular complexity index is 692. The van der Waals surface area contributed by atoms with E-state index in [2.05, 4.69) is 9.72 Å². The van der Waals surface area contributed by atoms with E-state index in [-0.39, 0.29) is 22.1 Å². The van der Waals surface area contributed by atoms with Gasteiger partial charge in [0.1, 0.15) is 5.69 Å². The van der Waals surface area contributed by atoms with Gasteiger partial charge < -0.3 is 16.2 Å². The summed E-state index contributed by atoms with van der Waals surface area (Å²) in [7, 11) is 1.16. The average molecular weight is 296 g/mol. The molecule has 0 saturated heterocycles. The van der Waals surface area contributed by atoms with Gasteiger partial charge in [-0.05, 0) is 6.07 Å². The van der Waals surface area contributed by atoms with E-state index in [9.17, 15) is 9.18 Å². The van der Waals surface area contributed by atoms with Crippen LogP contribution in [-0.4, -0.2) is 18.1 Å². The zero-order valence-electron chi connectivity index (χ0n) is 10.5. The molecule has 5 nitrogen and oxygen atoms in total. The third-order valence-corrected chi connectivity index (χ3v) is 3.09. The van der Waals surface area contributed by atoms with E-state index in [1.165, 1.54) is 0 Å². The molecule has 4 N–H and O–H groups in total. The Morgan fingerprint density at radius 1 is 1.35 bits per heavy atom. The van der Waals surface area contributed by atoms with Gasteiger partial charge in [-0.2, -0.15) is 0 Å². The first kappa shape index (κ1) is 14.1. The van der Waals surface area contributed by atoms with Crippen molar-refractivity contribution in [2.75, 3.05) is 18.6 Å². The number of anilines is 2. The summed E-state index contributed by atoms with van der Waals surface area (Å²) in [6, 6.07) is 6.50. The molecule has 2 aromatic rings. The van der Waals surface area contributed by atoms with Crippen LogP contribution in [0.1, 0.15) is 10.5 Å². The number of nitrogens with two attached hydrogens (primary N) is 2. The smallest absolute Gasteiger partial charge is 0.358 e. The number of para-hydroxylation sites is 1. The number of nitrogens with zero attached hydrogens (tertiary/aromatic N) is 1. The highest BCUT2D eigenvalue weighted by atomic mass is 35.5. The van der Waals surface area contributed by atoms with Gasteiger partial charge in [-0.25, -0.2) is 14.2 Å². The van der Waals surface area contributed by atoms with Gasteiger partial charge in [0.25, 0.3) is 0 Å². The zero-order valence-corrected chi connectivity index (χ0v) is 11.2. The molecule has 1 heterocycles. The topological polar surface area (TPSA) is 91.2 Å². The highest BCUT2D eigenvalue weighted by Gasteiger charge is 2.23. The number of carbonyl (C=O) groups is 1. The zero-order chi connectivity index (χ0) is 14.9. The fraction of sp³-hybridized carbons (Fsp3) is 0.0769. The summed E-state index contributed by atoms with van der Waals surface area (Å²) < 4.78 is 18.7. The minimum absolute atomic E-state index is 0.148. The fourth-order valence-electron chi connectivity index (χ4n) is 1.68. The van der Waals surface area contributed by atoms with Crippen LogP contribution in [0.25, 0.3) is 11.3 Å². The fourth-order valence-corrected chi connectivity index (χ4v) is 1.89. The second-order valence-electron chi connectivity index (χ2n) is 3.93. The van der Waals surface area contributed by atoms with Crippen LogP contribution in [0, 0.1) is 5.82 Å². The molecule has 0 atom stereocenters. The molecule has 0 bridgehead atoms. The van der Waals surface area contributed by atoms with Crippen molar-refractivity contribution in [3.8, 4) is 11.3 Å². The predicted octanol–water partition coefficient (Wildman–Crippen LogP) is 2.49. The molecule has 1 aromatic carbocycles. The van der Waals surface area contributed by atoms with Gasteiger partial charge >= 0.3 is 5.97 Å². The summed E-state index contributed by atoms with van der Waals surface area (Å²) in [5.41, 5.74) is 11.2. The second-order valence-corrected chi connectivity index (χ2v) is 4.31. The quantitative estimate of drug-likeness (QED) is 0.656. The second kappa shape index (κ2) is 5.34. The van der Waals surface area contributed by atoms with Crippen molar-refractivity contribution in [2.24, 2.45) is 0 Å². The molecule has 0 aliphatic rings. The molecule has 0 aliphatic carbocycles. The molecule has 0 aliphatic heterocycles. The lowest BCUT2D eigenvalue weighted by Gasteiger charge is -2.11. The number of aromatic nitrogens is 1. The van der Waals surface area contributed by atoms with Crippen molar-refractivity contribution in [1.82, 2.24) is 4.98 Å². The Morgan fingerprint density at radius 3 is 2.60 bits per heavy atom. The first-order chi connectivity index (χ1) is 9.47. The highest BCUT2D eigenvalue weighted by molar-refractivity contribution is 6.35. The number of hydrogen-bond acceptors (Lipinski definition) is 5. The van der Waals surface area contributed by atoms with Crippen LogP contribution in [0.4, 0.5) is 15.8 Å². The first-order valence-electron chi connectivity index (χ1n) is 5.55. The molecule has 0 radical (unpaired) electrons. The summed E-state index contributed by atoms with van der Waals surface area (Å²) >= 11 is 5.81. The van der Waals surface area contributed by atoms with E-state index >= 15 is 0 Å². The number of methoxy groups -OCH3 is 1. The summed E-state index contributed by atoms with van der Waals surface area (Å²) in [5, 5.41) is -0.285. The van der Waals surface area contributed by atoms with Crippen LogP contribution >= 0.6 is 11.6 Å². The summed E-state index contributed by atoms with van der Waals surface area (Å²) in [5.74, 6) is -1.64. The number of esters is 1. The number of nitrogen functional groups attached to an aromatic ring is 2. The molecule has 0 fully saturated rings. The van der Waals surface area contributed by atoms with Gasteiger partial charge in [0.2, 0.25) is 0 Å². The van der Waals surface area contributed by atoms with Gasteiger partial charge in [0.05, 0.1) is 17.8 Å². The Balaban J connectivity index is 2.75. The van der Waals surface area contributed by atoms with Crippen molar-refractivity contribution in [1.29, 1.82) is 0 Å². The summed E-state index contributed by atoms with van der Waals surface area (Å²) in [4.78, 5) is 15.5. The highest BCUT2D eigenvalue weighted by Crippen LogP contribution is 2.34. The molecule has 2 rings (SSSR count). The maximum absolute atomic E-state index is 14.2. The third kappa shape index (κ3) is 2.25. The average Bonchev–Trinajstić information content (AvgIpc) is 2.45. The van der Waals surface area contributed by atoms with Crippen LogP contribution in [0.5, 0.6) is 0 Å². The molecule has 20 heavy (non-hydrogen) atoms. The maximum atomic E-state index is 14.2. The molecule has 0 saturated carbocycles. The van der Waals surface area contributed by atoms with Crippen LogP contribution < -0.4 is 11.5 Å². The largest absolute Gasteiger partial charge is 0.464 e. The Morgan fingerprint density at radius 2 is 2.00 bits per heavy atom. The standard InChI is InChI=1S/C13H11ClFN3O2/c1-20-13(19)12-8(14)10(17)9(15)11(18-12)6-4-2-3-5-7(6)16/h2-5H,16H2,1H3,(H2,17,18). The van der Waals surface area contributed by atoms with Crippen molar-refractivity contribution < 1.29 is 13.9 Å². The Kier molecular flexibility index (Phi) is 3.76. The van der Waals surface area contributed by atoms with Crippen LogP contribution in [0.3, 0.4) is 0 Å². The molecule has 0 amide bonds. The van der Waals surface area contributed by atoms with Gasteiger partial charge in [0, 0.05) is 11.3 Å². The van der Waals surface area contributed by atoms with Gasteiger partial charge in [-0.1, -0.05) is 29.8 Å². The number of halogens is 2. The molecule has 0 unspecified atom stereocenters. The van der Waals surface area contributed by atoms with E-state index in [0.717, 1.165) is 7.11 Å². The number of rotatable bonds is 2. The number of ether oxygens (including phenoxy) is 1. The van der Waals surface area contributed by atoms with Crippen LogP contribution in [0.2, 0.25) is 5.02 Å². The van der Waals surface area contributed by atoms with Crippen molar-refractivity contribution in [2.45, 2.75) is 0 Å². The number of benzene rings is 1. The SMILES string of the molecule is COC(=O)c1nc(-c2ccccc2N)c(F)c(N)c1Cl.